The van der Waals surface area contributed by atoms with Crippen LogP contribution in [0.3, 0.4) is 0 Å². The number of hydrogen-bond donors (Lipinski definition) is 1. The van der Waals surface area contributed by atoms with Gasteiger partial charge in [-0.1, -0.05) is 54.9 Å². The Balaban J connectivity index is 1.53. The third-order valence-corrected chi connectivity index (χ3v) is 5.34. The number of carbonyl (C=O) groups excluding carboxylic acids is 1. The molecule has 2 aromatic carbocycles. The number of halogens is 1. The molecule has 0 saturated carbocycles. The highest BCUT2D eigenvalue weighted by atomic mass is 35.5. The van der Waals surface area contributed by atoms with Crippen LogP contribution in [0, 0.1) is 5.92 Å². The number of anilines is 1. The molecule has 132 valence electrons. The molecule has 0 aromatic heterocycles. The van der Waals surface area contributed by atoms with E-state index in [1.807, 2.05) is 36.4 Å². The normalized spacial score (nSPS) is 15.9. The van der Waals surface area contributed by atoms with Crippen LogP contribution in [0.4, 0.5) is 5.69 Å². The van der Waals surface area contributed by atoms with Gasteiger partial charge in [0.2, 0.25) is 5.91 Å². The lowest BCUT2D eigenvalue weighted by atomic mass is 9.95. The summed E-state index contributed by atoms with van der Waals surface area (Å²) >= 11 is 6.25. The van der Waals surface area contributed by atoms with Crippen LogP contribution in [0.1, 0.15) is 30.9 Å². The van der Waals surface area contributed by atoms with E-state index in [1.54, 1.807) is 0 Å². The zero-order valence-electron chi connectivity index (χ0n) is 14.7. The number of benzene rings is 2. The fourth-order valence-corrected chi connectivity index (χ4v) is 3.60. The van der Waals surface area contributed by atoms with Gasteiger partial charge in [0.25, 0.3) is 0 Å². The molecule has 0 atom stereocenters. The van der Waals surface area contributed by atoms with E-state index >= 15 is 0 Å². The monoisotopic (exact) mass is 356 g/mol. The van der Waals surface area contributed by atoms with E-state index in [0.29, 0.717) is 0 Å². The second kappa shape index (κ2) is 8.50. The van der Waals surface area contributed by atoms with Crippen molar-refractivity contribution in [2.75, 3.05) is 18.4 Å². The summed E-state index contributed by atoms with van der Waals surface area (Å²) in [6.45, 7) is 4.82. The second-order valence-electron chi connectivity index (χ2n) is 6.64. The van der Waals surface area contributed by atoms with Crippen molar-refractivity contribution in [1.29, 1.82) is 0 Å². The first-order chi connectivity index (χ1) is 12.2. The van der Waals surface area contributed by atoms with Crippen molar-refractivity contribution < 1.29 is 4.79 Å². The molecule has 4 heteroatoms. The summed E-state index contributed by atoms with van der Waals surface area (Å²) in [4.78, 5) is 15.0. The molecule has 1 heterocycles. The fourth-order valence-electron chi connectivity index (χ4n) is 3.41. The minimum Gasteiger partial charge on any atom is -0.326 e. The third kappa shape index (κ3) is 4.62. The lowest BCUT2D eigenvalue weighted by Crippen LogP contribution is -2.37. The number of aryl methyl sites for hydroxylation is 1. The summed E-state index contributed by atoms with van der Waals surface area (Å²) in [5, 5.41) is 3.94. The highest BCUT2D eigenvalue weighted by Gasteiger charge is 2.25. The van der Waals surface area contributed by atoms with Gasteiger partial charge in [-0.3, -0.25) is 9.69 Å². The summed E-state index contributed by atoms with van der Waals surface area (Å²) in [6.07, 6.45) is 2.71. The first-order valence-corrected chi connectivity index (χ1v) is 9.39. The van der Waals surface area contributed by atoms with Crippen molar-refractivity contribution in [2.24, 2.45) is 5.92 Å². The van der Waals surface area contributed by atoms with Crippen LogP contribution in [0.15, 0.2) is 48.5 Å². The molecule has 0 spiro atoms. The summed E-state index contributed by atoms with van der Waals surface area (Å²) in [6, 6.07) is 16.0. The van der Waals surface area contributed by atoms with Gasteiger partial charge in [0, 0.05) is 23.2 Å². The van der Waals surface area contributed by atoms with Crippen molar-refractivity contribution in [1.82, 2.24) is 4.90 Å². The quantitative estimate of drug-likeness (QED) is 0.838. The van der Waals surface area contributed by atoms with Gasteiger partial charge in [0.1, 0.15) is 0 Å². The topological polar surface area (TPSA) is 32.3 Å². The van der Waals surface area contributed by atoms with Crippen molar-refractivity contribution >= 4 is 23.2 Å². The zero-order valence-corrected chi connectivity index (χ0v) is 15.4. The number of likely N-dealkylation sites (tertiary alicyclic amines) is 1. The first-order valence-electron chi connectivity index (χ1n) is 9.02. The maximum absolute atomic E-state index is 12.6. The largest absolute Gasteiger partial charge is 0.326 e. The van der Waals surface area contributed by atoms with E-state index in [-0.39, 0.29) is 11.8 Å². The van der Waals surface area contributed by atoms with Crippen LogP contribution < -0.4 is 5.32 Å². The number of nitrogens with zero attached hydrogens (tertiary/aromatic N) is 1. The van der Waals surface area contributed by atoms with Gasteiger partial charge in [0.15, 0.2) is 0 Å². The molecule has 0 radical (unpaired) electrons. The third-order valence-electron chi connectivity index (χ3n) is 4.97. The molecular weight excluding hydrogens is 332 g/mol. The Kier molecular flexibility index (Phi) is 6.11. The number of rotatable bonds is 5. The summed E-state index contributed by atoms with van der Waals surface area (Å²) in [7, 11) is 0. The standard InChI is InChI=1S/C21H25ClN2O/c1-2-16-7-4-6-10-20(16)23-21(25)17-11-13-24(14-12-17)15-18-8-3-5-9-19(18)22/h3-10,17H,2,11-15H2,1H3,(H,23,25). The van der Waals surface area contributed by atoms with Gasteiger partial charge >= 0.3 is 0 Å². The average molecular weight is 357 g/mol. The highest BCUT2D eigenvalue weighted by molar-refractivity contribution is 6.31. The number of amides is 1. The Morgan fingerprint density at radius 2 is 1.72 bits per heavy atom. The van der Waals surface area contributed by atoms with Crippen molar-refractivity contribution in [3.8, 4) is 0 Å². The Morgan fingerprint density at radius 1 is 1.08 bits per heavy atom. The predicted octanol–water partition coefficient (Wildman–Crippen LogP) is 4.75. The molecule has 25 heavy (non-hydrogen) atoms. The van der Waals surface area contributed by atoms with E-state index in [0.717, 1.165) is 55.2 Å². The maximum atomic E-state index is 12.6. The molecule has 1 saturated heterocycles. The Hall–Kier alpha value is -1.84. The minimum atomic E-state index is 0.0902. The van der Waals surface area contributed by atoms with Crippen LogP contribution in [-0.4, -0.2) is 23.9 Å². The molecule has 2 aromatic rings. The number of carbonyl (C=O) groups is 1. The highest BCUT2D eigenvalue weighted by Crippen LogP contribution is 2.24. The van der Waals surface area contributed by atoms with Gasteiger partial charge in [0.05, 0.1) is 0 Å². The van der Waals surface area contributed by atoms with E-state index in [4.69, 9.17) is 11.6 Å². The Labute approximate surface area is 155 Å². The molecular formula is C21H25ClN2O. The smallest absolute Gasteiger partial charge is 0.227 e. The van der Waals surface area contributed by atoms with Crippen molar-refractivity contribution in [3.63, 3.8) is 0 Å². The Morgan fingerprint density at radius 3 is 2.40 bits per heavy atom. The molecule has 1 fully saturated rings. The van der Waals surface area contributed by atoms with Crippen LogP contribution in [-0.2, 0) is 17.8 Å². The van der Waals surface area contributed by atoms with Gasteiger partial charge in [-0.25, -0.2) is 0 Å². The van der Waals surface area contributed by atoms with E-state index in [1.165, 1.54) is 5.56 Å². The summed E-state index contributed by atoms with van der Waals surface area (Å²) in [5.41, 5.74) is 3.30. The molecule has 1 aliphatic rings. The van der Waals surface area contributed by atoms with Crippen molar-refractivity contribution in [3.05, 3.63) is 64.7 Å². The van der Waals surface area contributed by atoms with E-state index in [2.05, 4.69) is 29.3 Å². The van der Waals surface area contributed by atoms with Gasteiger partial charge in [-0.2, -0.15) is 0 Å². The minimum absolute atomic E-state index is 0.0902. The molecule has 3 rings (SSSR count). The van der Waals surface area contributed by atoms with Crippen LogP contribution in [0.2, 0.25) is 5.02 Å². The molecule has 3 nitrogen and oxygen atoms in total. The van der Waals surface area contributed by atoms with Crippen molar-refractivity contribution in [2.45, 2.75) is 32.7 Å². The first kappa shape index (κ1) is 18.0. The molecule has 0 unspecified atom stereocenters. The Bertz CT molecular complexity index is 723. The number of piperidine rings is 1. The molecule has 1 N–H and O–H groups in total. The van der Waals surface area contributed by atoms with E-state index < -0.39 is 0 Å². The number of para-hydroxylation sites is 1. The van der Waals surface area contributed by atoms with Gasteiger partial charge in [-0.05, 0) is 55.6 Å². The molecule has 0 bridgehead atoms. The van der Waals surface area contributed by atoms with Gasteiger partial charge in [-0.15, -0.1) is 0 Å². The van der Waals surface area contributed by atoms with Crippen LogP contribution in [0.5, 0.6) is 0 Å². The second-order valence-corrected chi connectivity index (χ2v) is 7.05. The SMILES string of the molecule is CCc1ccccc1NC(=O)C1CCN(Cc2ccccc2Cl)CC1. The summed E-state index contributed by atoms with van der Waals surface area (Å²) in [5.74, 6) is 0.241. The van der Waals surface area contributed by atoms with E-state index in [9.17, 15) is 4.79 Å². The van der Waals surface area contributed by atoms with Crippen LogP contribution in [0.25, 0.3) is 0 Å². The maximum Gasteiger partial charge on any atom is 0.227 e. The average Bonchev–Trinajstić information content (AvgIpc) is 2.64. The zero-order chi connectivity index (χ0) is 17.6. The summed E-state index contributed by atoms with van der Waals surface area (Å²) < 4.78 is 0. The van der Waals surface area contributed by atoms with Gasteiger partial charge < -0.3 is 5.32 Å². The van der Waals surface area contributed by atoms with Crippen LogP contribution >= 0.6 is 11.6 Å². The number of hydrogen-bond acceptors (Lipinski definition) is 2. The lowest BCUT2D eigenvalue weighted by molar-refractivity contribution is -0.121. The molecule has 0 aliphatic carbocycles. The fraction of sp³-hybridized carbons (Fsp3) is 0.381. The molecule has 1 amide bonds. The number of nitrogens with one attached hydrogen (secondary N) is 1. The predicted molar refractivity (Wildman–Crippen MR) is 104 cm³/mol. The lowest BCUT2D eigenvalue weighted by Gasteiger charge is -2.31. The molecule has 1 aliphatic heterocycles.